The summed E-state index contributed by atoms with van der Waals surface area (Å²) in [6.45, 7) is 9.84. The van der Waals surface area contributed by atoms with Gasteiger partial charge in [-0.3, -0.25) is 9.69 Å². The number of thiophene rings is 1. The van der Waals surface area contributed by atoms with Crippen LogP contribution in [0.25, 0.3) is 0 Å². The molecule has 3 aromatic rings. The van der Waals surface area contributed by atoms with Crippen LogP contribution in [0.4, 0.5) is 18.2 Å². The first-order valence-corrected chi connectivity index (χ1v) is 12.2. The van der Waals surface area contributed by atoms with Crippen molar-refractivity contribution in [2.75, 3.05) is 18.4 Å². The summed E-state index contributed by atoms with van der Waals surface area (Å²) in [5.74, 6) is 0.637. The highest BCUT2D eigenvalue weighted by Gasteiger charge is 2.36. The molecule has 1 saturated heterocycles. The van der Waals surface area contributed by atoms with Crippen molar-refractivity contribution in [2.45, 2.75) is 46.3 Å². The number of nitrogens with one attached hydrogen (secondary N) is 1. The molecule has 0 radical (unpaired) electrons. The number of hydrogen-bond donors (Lipinski definition) is 1. The van der Waals surface area contributed by atoms with Crippen molar-refractivity contribution in [3.63, 3.8) is 0 Å². The molecule has 2 aromatic heterocycles. The van der Waals surface area contributed by atoms with E-state index in [2.05, 4.69) is 24.1 Å². The van der Waals surface area contributed by atoms with E-state index in [4.69, 9.17) is 4.42 Å². The Kier molecular flexibility index (Phi) is 6.92. The normalized spacial score (nSPS) is 20.3. The molecule has 0 spiro atoms. The lowest BCUT2D eigenvalue weighted by molar-refractivity contribution is -0.137. The minimum Gasteiger partial charge on any atom is -0.459 e. The Hall–Kier alpha value is -2.58. The Balaban J connectivity index is 1.84. The summed E-state index contributed by atoms with van der Waals surface area (Å²) in [4.78, 5) is 16.1. The molecule has 4 nitrogen and oxygen atoms in total. The van der Waals surface area contributed by atoms with Crippen molar-refractivity contribution < 1.29 is 22.4 Å². The fourth-order valence-electron chi connectivity index (χ4n) is 5.01. The van der Waals surface area contributed by atoms with E-state index in [-0.39, 0.29) is 11.7 Å². The molecule has 8 heteroatoms. The molecule has 3 atom stereocenters. The van der Waals surface area contributed by atoms with E-state index in [1.54, 1.807) is 18.2 Å². The van der Waals surface area contributed by atoms with Gasteiger partial charge in [0.05, 0.1) is 17.9 Å². The number of carbonyl (C=O) groups is 1. The molecule has 34 heavy (non-hydrogen) atoms. The van der Waals surface area contributed by atoms with Gasteiger partial charge in [-0.05, 0) is 67.5 Å². The number of furan rings is 1. The highest BCUT2D eigenvalue weighted by molar-refractivity contribution is 7.16. The molecular weight excluding hydrogens is 461 g/mol. The fraction of sp³-hybridized carbons (Fsp3) is 0.423. The molecule has 0 bridgehead atoms. The molecule has 0 saturated carbocycles. The van der Waals surface area contributed by atoms with Crippen LogP contribution in [0.5, 0.6) is 0 Å². The quantitative estimate of drug-likeness (QED) is 0.408. The maximum atomic E-state index is 13.6. The van der Waals surface area contributed by atoms with Crippen LogP contribution >= 0.6 is 11.3 Å². The van der Waals surface area contributed by atoms with E-state index >= 15 is 0 Å². The molecule has 1 aliphatic rings. The van der Waals surface area contributed by atoms with Crippen LogP contribution in [0.3, 0.4) is 0 Å². The number of piperidine rings is 1. The van der Waals surface area contributed by atoms with Gasteiger partial charge in [-0.25, -0.2) is 0 Å². The molecule has 1 amide bonds. The van der Waals surface area contributed by atoms with Gasteiger partial charge in [0.2, 0.25) is 0 Å². The van der Waals surface area contributed by atoms with Gasteiger partial charge >= 0.3 is 6.18 Å². The predicted molar refractivity (Wildman–Crippen MR) is 128 cm³/mol. The third kappa shape index (κ3) is 5.08. The van der Waals surface area contributed by atoms with E-state index in [0.717, 1.165) is 41.6 Å². The van der Waals surface area contributed by atoms with Crippen molar-refractivity contribution in [2.24, 2.45) is 11.8 Å². The first-order chi connectivity index (χ1) is 16.0. The van der Waals surface area contributed by atoms with Crippen LogP contribution in [-0.4, -0.2) is 23.9 Å². The zero-order valence-electron chi connectivity index (χ0n) is 19.7. The summed E-state index contributed by atoms with van der Waals surface area (Å²) in [6.07, 6.45) is -1.92. The Morgan fingerprint density at radius 3 is 2.47 bits per heavy atom. The topological polar surface area (TPSA) is 45.5 Å². The molecule has 1 fully saturated rings. The van der Waals surface area contributed by atoms with Crippen molar-refractivity contribution in [3.05, 3.63) is 75.6 Å². The van der Waals surface area contributed by atoms with E-state index in [9.17, 15) is 18.0 Å². The summed E-state index contributed by atoms with van der Waals surface area (Å²) >= 11 is 1.44. The number of rotatable bonds is 5. The van der Waals surface area contributed by atoms with Crippen LogP contribution < -0.4 is 5.32 Å². The number of amides is 1. The number of halogens is 3. The standard InChI is InChI=1S/C26H29F3N2O2S/c1-15-11-16(2)14-31(13-15)23(19-7-5-8-20(12-19)26(27,28)29)22-17(3)18(4)34-25(22)30-24(32)21-9-6-10-33-21/h5-10,12,15-16,23H,11,13-14H2,1-4H3,(H,30,32)/t15-,16+,23-/m0/s1. The van der Waals surface area contributed by atoms with Gasteiger partial charge in [0.15, 0.2) is 5.76 Å². The number of alkyl halides is 3. The van der Waals surface area contributed by atoms with Gasteiger partial charge in [-0.1, -0.05) is 26.0 Å². The molecule has 1 aromatic carbocycles. The highest BCUT2D eigenvalue weighted by atomic mass is 32.1. The maximum absolute atomic E-state index is 13.6. The van der Waals surface area contributed by atoms with Gasteiger partial charge in [0.25, 0.3) is 5.91 Å². The first-order valence-electron chi connectivity index (χ1n) is 11.4. The lowest BCUT2D eigenvalue weighted by Gasteiger charge is -2.41. The SMILES string of the molecule is Cc1sc(NC(=O)c2ccco2)c([C@H](c2cccc(C(F)(F)F)c2)N2C[C@H](C)C[C@H](C)C2)c1C. The van der Waals surface area contributed by atoms with Crippen molar-refractivity contribution in [1.29, 1.82) is 0 Å². The lowest BCUT2D eigenvalue weighted by atomic mass is 9.87. The average Bonchev–Trinajstić information content (AvgIpc) is 3.38. The van der Waals surface area contributed by atoms with E-state index in [0.29, 0.717) is 22.4 Å². The highest BCUT2D eigenvalue weighted by Crippen LogP contribution is 2.45. The Bertz CT molecular complexity index is 1140. The average molecular weight is 491 g/mol. The van der Waals surface area contributed by atoms with Crippen LogP contribution in [0.2, 0.25) is 0 Å². The van der Waals surface area contributed by atoms with Crippen molar-refractivity contribution in [3.8, 4) is 0 Å². The van der Waals surface area contributed by atoms with Crippen LogP contribution in [-0.2, 0) is 6.18 Å². The third-order valence-electron chi connectivity index (χ3n) is 6.47. The number of carbonyl (C=O) groups excluding carboxylic acids is 1. The molecular formula is C26H29F3N2O2S. The fourth-order valence-corrected chi connectivity index (χ4v) is 6.09. The van der Waals surface area contributed by atoms with Crippen molar-refractivity contribution >= 4 is 22.2 Å². The predicted octanol–water partition coefficient (Wildman–Crippen LogP) is 7.30. The second-order valence-electron chi connectivity index (χ2n) is 9.38. The largest absolute Gasteiger partial charge is 0.459 e. The minimum atomic E-state index is -4.43. The number of hydrogen-bond acceptors (Lipinski definition) is 4. The van der Waals surface area contributed by atoms with E-state index < -0.39 is 17.8 Å². The number of nitrogens with zero attached hydrogens (tertiary/aromatic N) is 1. The Labute approximate surface area is 201 Å². The summed E-state index contributed by atoms with van der Waals surface area (Å²) in [5.41, 5.74) is 1.74. The summed E-state index contributed by atoms with van der Waals surface area (Å²) < 4.78 is 46.1. The van der Waals surface area contributed by atoms with Crippen LogP contribution in [0.1, 0.15) is 64.0 Å². The lowest BCUT2D eigenvalue weighted by Crippen LogP contribution is -2.41. The zero-order valence-corrected chi connectivity index (χ0v) is 20.5. The molecule has 3 heterocycles. The Morgan fingerprint density at radius 1 is 1.15 bits per heavy atom. The molecule has 4 rings (SSSR count). The molecule has 1 N–H and O–H groups in total. The molecule has 182 valence electrons. The van der Waals surface area contributed by atoms with Gasteiger partial charge in [-0.15, -0.1) is 11.3 Å². The Morgan fingerprint density at radius 2 is 1.85 bits per heavy atom. The van der Waals surface area contributed by atoms with Gasteiger partial charge in [0, 0.05) is 23.5 Å². The summed E-state index contributed by atoms with van der Waals surface area (Å²) in [5, 5.41) is 3.61. The summed E-state index contributed by atoms with van der Waals surface area (Å²) in [7, 11) is 0. The minimum absolute atomic E-state index is 0.186. The van der Waals surface area contributed by atoms with Gasteiger partial charge in [-0.2, -0.15) is 13.2 Å². The molecule has 1 aliphatic heterocycles. The van der Waals surface area contributed by atoms with Crippen LogP contribution in [0, 0.1) is 25.7 Å². The monoisotopic (exact) mass is 490 g/mol. The second kappa shape index (κ2) is 9.58. The number of aryl methyl sites for hydroxylation is 1. The second-order valence-corrected chi connectivity index (χ2v) is 10.6. The summed E-state index contributed by atoms with van der Waals surface area (Å²) in [6, 6.07) is 8.39. The maximum Gasteiger partial charge on any atom is 0.416 e. The van der Waals surface area contributed by atoms with Gasteiger partial charge < -0.3 is 9.73 Å². The number of benzene rings is 1. The number of anilines is 1. The van der Waals surface area contributed by atoms with Gasteiger partial charge in [0.1, 0.15) is 5.00 Å². The van der Waals surface area contributed by atoms with Crippen molar-refractivity contribution in [1.82, 2.24) is 4.90 Å². The molecule has 0 unspecified atom stereocenters. The van der Waals surface area contributed by atoms with Crippen LogP contribution in [0.15, 0.2) is 47.1 Å². The zero-order chi connectivity index (χ0) is 24.6. The van der Waals surface area contributed by atoms with E-state index in [1.165, 1.54) is 29.7 Å². The molecule has 0 aliphatic carbocycles. The number of likely N-dealkylation sites (tertiary alicyclic amines) is 1. The first kappa shape index (κ1) is 24.5. The third-order valence-corrected chi connectivity index (χ3v) is 7.61. The smallest absolute Gasteiger partial charge is 0.416 e. The van der Waals surface area contributed by atoms with E-state index in [1.807, 2.05) is 13.8 Å².